The number of halogens is 2. The number of nitrogens with one attached hydrogen (secondary N) is 1. The monoisotopic (exact) mass is 695 g/mol. The Morgan fingerprint density at radius 3 is 2.12 bits per heavy atom. The number of ether oxygens (including phenoxy) is 2. The lowest BCUT2D eigenvalue weighted by Crippen LogP contribution is -2.54. The molecule has 0 saturated carbocycles. The molecule has 48 heavy (non-hydrogen) atoms. The van der Waals surface area contributed by atoms with E-state index in [1.807, 2.05) is 44.2 Å². The fourth-order valence-electron chi connectivity index (χ4n) is 5.02. The molecule has 2 amide bonds. The summed E-state index contributed by atoms with van der Waals surface area (Å²) >= 11 is 6.14. The predicted octanol–water partition coefficient (Wildman–Crippen LogP) is 6.25. The number of carbonyl (C=O) groups excluding carboxylic acids is 2. The van der Waals surface area contributed by atoms with Crippen molar-refractivity contribution in [3.63, 3.8) is 0 Å². The average Bonchev–Trinajstić information content (AvgIpc) is 3.09. The number of amides is 2. The maximum absolute atomic E-state index is 14.6. The molecule has 4 rings (SSSR count). The number of nitrogens with zero attached hydrogens (tertiary/aromatic N) is 2. The molecule has 0 aromatic heterocycles. The Balaban J connectivity index is 1.82. The lowest BCUT2D eigenvalue weighted by molar-refractivity contribution is -0.140. The van der Waals surface area contributed by atoms with Crippen molar-refractivity contribution in [1.29, 1.82) is 0 Å². The van der Waals surface area contributed by atoms with Gasteiger partial charge in [0, 0.05) is 30.1 Å². The summed E-state index contributed by atoms with van der Waals surface area (Å²) in [6, 6.07) is 23.8. The topological polar surface area (TPSA) is 105 Å². The van der Waals surface area contributed by atoms with Crippen LogP contribution in [-0.2, 0) is 32.6 Å². The molecule has 2 unspecified atom stereocenters. The van der Waals surface area contributed by atoms with Crippen molar-refractivity contribution in [3.05, 3.63) is 119 Å². The van der Waals surface area contributed by atoms with Crippen molar-refractivity contribution in [2.45, 2.75) is 50.2 Å². The van der Waals surface area contributed by atoms with Crippen LogP contribution in [0.5, 0.6) is 11.5 Å². The summed E-state index contributed by atoms with van der Waals surface area (Å²) in [6.45, 7) is 3.04. The van der Waals surface area contributed by atoms with Gasteiger partial charge in [0.05, 0.1) is 24.8 Å². The van der Waals surface area contributed by atoms with Gasteiger partial charge in [0.2, 0.25) is 11.8 Å². The van der Waals surface area contributed by atoms with E-state index in [-0.39, 0.29) is 35.3 Å². The third kappa shape index (κ3) is 9.05. The van der Waals surface area contributed by atoms with Gasteiger partial charge in [0.15, 0.2) is 11.5 Å². The predicted molar refractivity (Wildman–Crippen MR) is 184 cm³/mol. The van der Waals surface area contributed by atoms with E-state index in [0.717, 1.165) is 9.87 Å². The zero-order chi connectivity index (χ0) is 34.8. The molecule has 0 radical (unpaired) electrons. The lowest BCUT2D eigenvalue weighted by atomic mass is 10.0. The first-order valence-corrected chi connectivity index (χ1v) is 17.2. The number of methoxy groups -OCH3 is 2. The Morgan fingerprint density at radius 1 is 0.875 bits per heavy atom. The standard InChI is InChI=1S/C36H39ClFN3O6S/c1-5-25(2)39-36(43)32(21-26-9-7-6-8-10-26)40(23-27-11-15-29(38)16-12-27)35(42)24-41(30-17-13-28(37)14-18-30)48(44,45)31-19-20-33(46-3)34(22-31)47-4/h6-20,22,25,32H,5,21,23-24H2,1-4H3,(H,39,43). The zero-order valence-electron chi connectivity index (χ0n) is 27.2. The summed E-state index contributed by atoms with van der Waals surface area (Å²) in [6.07, 6.45) is 0.809. The average molecular weight is 696 g/mol. The number of rotatable bonds is 15. The molecule has 0 aliphatic carbocycles. The second-order valence-electron chi connectivity index (χ2n) is 11.2. The normalized spacial score (nSPS) is 12.5. The number of sulfonamides is 1. The molecule has 0 heterocycles. The minimum atomic E-state index is -4.40. The summed E-state index contributed by atoms with van der Waals surface area (Å²) in [5, 5.41) is 3.36. The maximum Gasteiger partial charge on any atom is 0.264 e. The number of anilines is 1. The smallest absolute Gasteiger partial charge is 0.264 e. The molecule has 0 spiro atoms. The van der Waals surface area contributed by atoms with E-state index >= 15 is 0 Å². The van der Waals surface area contributed by atoms with Gasteiger partial charge in [-0.3, -0.25) is 13.9 Å². The first-order chi connectivity index (χ1) is 23.0. The molecule has 4 aromatic rings. The molecule has 0 saturated heterocycles. The van der Waals surface area contributed by atoms with Gasteiger partial charge in [0.1, 0.15) is 18.4 Å². The van der Waals surface area contributed by atoms with E-state index < -0.39 is 40.2 Å². The summed E-state index contributed by atoms with van der Waals surface area (Å²) < 4.78 is 54.1. The molecule has 0 aliphatic rings. The summed E-state index contributed by atoms with van der Waals surface area (Å²) in [5.74, 6) is -0.999. The van der Waals surface area contributed by atoms with E-state index in [4.69, 9.17) is 21.1 Å². The summed E-state index contributed by atoms with van der Waals surface area (Å²) in [4.78, 5) is 29.7. The number of hydrogen-bond acceptors (Lipinski definition) is 6. The Labute approximate surface area is 286 Å². The Morgan fingerprint density at radius 2 is 1.52 bits per heavy atom. The Bertz CT molecular complexity index is 1790. The fraction of sp³-hybridized carbons (Fsp3) is 0.278. The van der Waals surface area contributed by atoms with Gasteiger partial charge < -0.3 is 19.7 Å². The van der Waals surface area contributed by atoms with E-state index in [1.165, 1.54) is 85.8 Å². The van der Waals surface area contributed by atoms with Crippen molar-refractivity contribution in [2.75, 3.05) is 25.1 Å². The molecule has 4 aromatic carbocycles. The van der Waals surface area contributed by atoms with Crippen LogP contribution in [0, 0.1) is 5.82 Å². The van der Waals surface area contributed by atoms with Crippen LogP contribution in [0.2, 0.25) is 5.02 Å². The van der Waals surface area contributed by atoms with Crippen LogP contribution >= 0.6 is 11.6 Å². The highest BCUT2D eigenvalue weighted by atomic mass is 35.5. The number of carbonyl (C=O) groups is 2. The zero-order valence-corrected chi connectivity index (χ0v) is 28.8. The number of hydrogen-bond donors (Lipinski definition) is 1. The molecular weight excluding hydrogens is 657 g/mol. The third-order valence-corrected chi connectivity index (χ3v) is 9.90. The SMILES string of the molecule is CCC(C)NC(=O)C(Cc1ccccc1)N(Cc1ccc(F)cc1)C(=O)CN(c1ccc(Cl)cc1)S(=O)(=O)c1ccc(OC)c(OC)c1. The van der Waals surface area contributed by atoms with Crippen molar-refractivity contribution in [2.24, 2.45) is 0 Å². The van der Waals surface area contributed by atoms with Gasteiger partial charge in [-0.2, -0.15) is 0 Å². The first kappa shape index (κ1) is 36.2. The highest BCUT2D eigenvalue weighted by molar-refractivity contribution is 7.92. The molecule has 12 heteroatoms. The molecule has 254 valence electrons. The van der Waals surface area contributed by atoms with Crippen molar-refractivity contribution in [3.8, 4) is 11.5 Å². The van der Waals surface area contributed by atoms with Crippen LogP contribution in [-0.4, -0.2) is 58.0 Å². The molecule has 2 atom stereocenters. The van der Waals surface area contributed by atoms with Crippen molar-refractivity contribution < 1.29 is 31.9 Å². The van der Waals surface area contributed by atoms with Gasteiger partial charge >= 0.3 is 0 Å². The van der Waals surface area contributed by atoms with Crippen LogP contribution in [0.15, 0.2) is 102 Å². The maximum atomic E-state index is 14.6. The van der Waals surface area contributed by atoms with Crippen LogP contribution < -0.4 is 19.1 Å². The minimum Gasteiger partial charge on any atom is -0.493 e. The van der Waals surface area contributed by atoms with Gasteiger partial charge in [0.25, 0.3) is 10.0 Å². The molecular formula is C36H39ClFN3O6S. The van der Waals surface area contributed by atoms with E-state index in [2.05, 4.69) is 5.32 Å². The van der Waals surface area contributed by atoms with Crippen LogP contribution in [0.4, 0.5) is 10.1 Å². The highest BCUT2D eigenvalue weighted by Crippen LogP contribution is 2.33. The van der Waals surface area contributed by atoms with E-state index in [0.29, 0.717) is 22.8 Å². The third-order valence-electron chi connectivity index (χ3n) is 7.87. The fourth-order valence-corrected chi connectivity index (χ4v) is 6.58. The van der Waals surface area contributed by atoms with Crippen molar-refractivity contribution in [1.82, 2.24) is 10.2 Å². The highest BCUT2D eigenvalue weighted by Gasteiger charge is 2.35. The Hall–Kier alpha value is -4.61. The molecule has 1 N–H and O–H groups in total. The molecule has 0 bridgehead atoms. The molecule has 0 aliphatic heterocycles. The van der Waals surface area contributed by atoms with E-state index in [9.17, 15) is 22.4 Å². The van der Waals surface area contributed by atoms with Crippen LogP contribution in [0.1, 0.15) is 31.4 Å². The minimum absolute atomic E-state index is 0.0879. The molecule has 9 nitrogen and oxygen atoms in total. The van der Waals surface area contributed by atoms with Gasteiger partial charge in [-0.25, -0.2) is 12.8 Å². The second kappa shape index (κ2) is 16.5. The van der Waals surface area contributed by atoms with Crippen LogP contribution in [0.3, 0.4) is 0 Å². The quantitative estimate of drug-likeness (QED) is 0.158. The summed E-state index contributed by atoms with van der Waals surface area (Å²) in [7, 11) is -1.58. The number of benzene rings is 4. The first-order valence-electron chi connectivity index (χ1n) is 15.3. The molecule has 0 fully saturated rings. The largest absolute Gasteiger partial charge is 0.493 e. The Kier molecular flexibility index (Phi) is 12.4. The van der Waals surface area contributed by atoms with Gasteiger partial charge in [-0.1, -0.05) is 61.0 Å². The van der Waals surface area contributed by atoms with Gasteiger partial charge in [-0.15, -0.1) is 0 Å². The van der Waals surface area contributed by atoms with Crippen molar-refractivity contribution >= 4 is 39.1 Å². The van der Waals surface area contributed by atoms with E-state index in [1.54, 1.807) is 0 Å². The lowest BCUT2D eigenvalue weighted by Gasteiger charge is -2.34. The van der Waals surface area contributed by atoms with Crippen LogP contribution in [0.25, 0.3) is 0 Å². The second-order valence-corrected chi connectivity index (χ2v) is 13.5. The van der Waals surface area contributed by atoms with Gasteiger partial charge in [-0.05, 0) is 73.0 Å². The summed E-state index contributed by atoms with van der Waals surface area (Å²) in [5.41, 5.74) is 1.53.